The second-order valence-electron chi connectivity index (χ2n) is 9.22. The van der Waals surface area contributed by atoms with E-state index in [1.54, 1.807) is 37.5 Å². The molecule has 196 valence electrons. The number of carbonyl (C=O) groups is 1. The van der Waals surface area contributed by atoms with Crippen LogP contribution in [0.15, 0.2) is 90.4 Å². The van der Waals surface area contributed by atoms with Crippen LogP contribution in [0.4, 0.5) is 8.78 Å². The molecule has 2 aromatic carbocycles. The lowest BCUT2D eigenvalue weighted by Crippen LogP contribution is -2.47. The van der Waals surface area contributed by atoms with E-state index in [1.807, 2.05) is 29.2 Å². The summed E-state index contributed by atoms with van der Waals surface area (Å²) in [4.78, 5) is 16.6. The van der Waals surface area contributed by atoms with E-state index in [0.717, 1.165) is 62.3 Å². The summed E-state index contributed by atoms with van der Waals surface area (Å²) in [5.74, 6) is 0.604. The summed E-state index contributed by atoms with van der Waals surface area (Å²) in [5.41, 5.74) is 4.94. The summed E-state index contributed by atoms with van der Waals surface area (Å²) < 4.78 is 31.6. The molecule has 1 aliphatic carbocycles. The van der Waals surface area contributed by atoms with Crippen LogP contribution in [0.5, 0.6) is 0 Å². The third-order valence-electron chi connectivity index (χ3n) is 6.56. The number of allylic oxidation sites excluding steroid dienone is 4. The van der Waals surface area contributed by atoms with E-state index in [9.17, 15) is 13.6 Å². The van der Waals surface area contributed by atoms with Crippen molar-refractivity contribution in [3.63, 3.8) is 0 Å². The van der Waals surface area contributed by atoms with E-state index < -0.39 is 0 Å². The van der Waals surface area contributed by atoms with Crippen molar-refractivity contribution in [1.82, 2.24) is 9.80 Å². The summed E-state index contributed by atoms with van der Waals surface area (Å²) in [6.45, 7) is 3.48. The molecule has 1 saturated heterocycles. The summed E-state index contributed by atoms with van der Waals surface area (Å²) in [6, 6.07) is 13.0. The molecule has 4 nitrogen and oxygen atoms in total. The van der Waals surface area contributed by atoms with Gasteiger partial charge in [0.2, 0.25) is 5.91 Å². The van der Waals surface area contributed by atoms with Gasteiger partial charge in [-0.2, -0.15) is 0 Å². The lowest BCUT2D eigenvalue weighted by atomic mass is 9.87. The van der Waals surface area contributed by atoms with Gasteiger partial charge in [-0.3, -0.25) is 4.79 Å². The van der Waals surface area contributed by atoms with Crippen LogP contribution < -0.4 is 0 Å². The molecule has 1 fully saturated rings. The smallest absolute Gasteiger partial charge is 0.222 e. The molecule has 0 atom stereocenters. The highest BCUT2D eigenvalue weighted by Crippen LogP contribution is 2.30. The zero-order valence-electron chi connectivity index (χ0n) is 21.7. The molecular weight excluding hydrogens is 470 g/mol. The van der Waals surface area contributed by atoms with E-state index in [-0.39, 0.29) is 23.5 Å². The Morgan fingerprint density at radius 3 is 2.08 bits per heavy atom. The number of ether oxygens (including phenoxy) is 1. The van der Waals surface area contributed by atoms with E-state index in [2.05, 4.69) is 17.7 Å². The molecule has 1 amide bonds. The van der Waals surface area contributed by atoms with Crippen molar-refractivity contribution < 1.29 is 18.3 Å². The summed E-state index contributed by atoms with van der Waals surface area (Å²) >= 11 is 0. The van der Waals surface area contributed by atoms with Gasteiger partial charge in [0.05, 0.1) is 7.11 Å². The fourth-order valence-corrected chi connectivity index (χ4v) is 4.32. The topological polar surface area (TPSA) is 32.8 Å². The van der Waals surface area contributed by atoms with Crippen molar-refractivity contribution >= 4 is 5.91 Å². The fourth-order valence-electron chi connectivity index (χ4n) is 4.32. The SMILES string of the molecule is CN1CCN(C(=O)CCCCC(c2ccc(F)cc2)c2ccc(F)cc2)CC1.COC1=CC=CC=C=C1. The molecule has 0 bridgehead atoms. The Morgan fingerprint density at radius 1 is 0.919 bits per heavy atom. The lowest BCUT2D eigenvalue weighted by Gasteiger charge is -2.32. The molecule has 0 aromatic heterocycles. The van der Waals surface area contributed by atoms with Gasteiger partial charge in [0.15, 0.2) is 0 Å². The number of methoxy groups -OCH3 is 1. The third-order valence-corrected chi connectivity index (χ3v) is 6.56. The molecule has 0 saturated carbocycles. The average Bonchev–Trinajstić information content (AvgIpc) is 3.20. The molecule has 37 heavy (non-hydrogen) atoms. The molecule has 2 aliphatic rings. The highest BCUT2D eigenvalue weighted by Gasteiger charge is 2.19. The lowest BCUT2D eigenvalue weighted by molar-refractivity contribution is -0.132. The Bertz CT molecular complexity index is 1060. The number of piperazine rings is 1. The summed E-state index contributed by atoms with van der Waals surface area (Å²) in [6.07, 6.45) is 12.4. The van der Waals surface area contributed by atoms with Gasteiger partial charge in [0.1, 0.15) is 17.4 Å². The molecule has 0 radical (unpaired) electrons. The minimum atomic E-state index is -0.264. The fraction of sp³-hybridized carbons (Fsp3) is 0.355. The number of benzene rings is 2. The number of nitrogens with zero attached hydrogens (tertiary/aromatic N) is 2. The quantitative estimate of drug-likeness (QED) is 0.314. The molecular formula is C31H36F2N2O2. The van der Waals surface area contributed by atoms with E-state index in [1.165, 1.54) is 24.3 Å². The highest BCUT2D eigenvalue weighted by atomic mass is 19.1. The highest BCUT2D eigenvalue weighted by molar-refractivity contribution is 5.76. The maximum atomic E-state index is 13.3. The summed E-state index contributed by atoms with van der Waals surface area (Å²) in [5, 5.41) is 0. The number of hydrogen-bond acceptors (Lipinski definition) is 3. The first-order valence-electron chi connectivity index (χ1n) is 12.8. The van der Waals surface area contributed by atoms with Gasteiger partial charge in [-0.1, -0.05) is 42.8 Å². The minimum absolute atomic E-state index is 0.0694. The largest absolute Gasteiger partial charge is 0.496 e. The van der Waals surface area contributed by atoms with Crippen LogP contribution >= 0.6 is 0 Å². The normalized spacial score (nSPS) is 15.2. The number of rotatable bonds is 8. The third kappa shape index (κ3) is 9.49. The zero-order chi connectivity index (χ0) is 26.5. The van der Waals surface area contributed by atoms with Gasteiger partial charge in [-0.25, -0.2) is 8.78 Å². The molecule has 1 heterocycles. The average molecular weight is 507 g/mol. The Kier molecular flexibility index (Phi) is 11.3. The van der Waals surface area contributed by atoms with Gasteiger partial charge in [-0.05, 0) is 67.4 Å². The number of unbranched alkanes of at least 4 members (excludes halogenated alkanes) is 1. The van der Waals surface area contributed by atoms with E-state index in [0.29, 0.717) is 6.42 Å². The van der Waals surface area contributed by atoms with Crippen molar-refractivity contribution in [1.29, 1.82) is 0 Å². The number of amides is 1. The predicted octanol–water partition coefficient (Wildman–Crippen LogP) is 6.23. The van der Waals surface area contributed by atoms with Crippen LogP contribution in [-0.2, 0) is 9.53 Å². The number of hydrogen-bond donors (Lipinski definition) is 0. The first-order chi connectivity index (χ1) is 18.0. The molecule has 0 spiro atoms. The predicted molar refractivity (Wildman–Crippen MR) is 144 cm³/mol. The van der Waals surface area contributed by atoms with Crippen LogP contribution in [-0.4, -0.2) is 56.0 Å². The first-order valence-corrected chi connectivity index (χ1v) is 12.8. The van der Waals surface area contributed by atoms with Crippen molar-refractivity contribution in [3.05, 3.63) is 113 Å². The number of likely N-dealkylation sites (N-methyl/N-ethyl adjacent to an activating group) is 1. The molecule has 1 aliphatic heterocycles. The maximum Gasteiger partial charge on any atom is 0.222 e. The van der Waals surface area contributed by atoms with Crippen LogP contribution in [0.2, 0.25) is 0 Å². The van der Waals surface area contributed by atoms with Crippen molar-refractivity contribution in [2.75, 3.05) is 40.3 Å². The van der Waals surface area contributed by atoms with Crippen molar-refractivity contribution in [2.24, 2.45) is 0 Å². The van der Waals surface area contributed by atoms with Gasteiger partial charge in [0, 0.05) is 44.6 Å². The van der Waals surface area contributed by atoms with Crippen LogP contribution in [0, 0.1) is 11.6 Å². The Hall–Kier alpha value is -3.47. The molecule has 2 aromatic rings. The second-order valence-corrected chi connectivity index (χ2v) is 9.22. The van der Waals surface area contributed by atoms with E-state index in [4.69, 9.17) is 4.74 Å². The summed E-state index contributed by atoms with van der Waals surface area (Å²) in [7, 11) is 3.72. The second kappa shape index (κ2) is 14.9. The first kappa shape index (κ1) is 28.1. The molecule has 0 N–H and O–H groups in total. The zero-order valence-corrected chi connectivity index (χ0v) is 21.7. The van der Waals surface area contributed by atoms with Crippen LogP contribution in [0.1, 0.15) is 42.7 Å². The minimum Gasteiger partial charge on any atom is -0.496 e. The Balaban J connectivity index is 0.000000356. The number of halogens is 2. The van der Waals surface area contributed by atoms with Gasteiger partial charge < -0.3 is 14.5 Å². The van der Waals surface area contributed by atoms with Crippen LogP contribution in [0.25, 0.3) is 0 Å². The Morgan fingerprint density at radius 2 is 1.51 bits per heavy atom. The monoisotopic (exact) mass is 506 g/mol. The van der Waals surface area contributed by atoms with Crippen LogP contribution in [0.3, 0.4) is 0 Å². The van der Waals surface area contributed by atoms with Gasteiger partial charge in [-0.15, -0.1) is 5.73 Å². The molecule has 4 rings (SSSR count). The molecule has 0 unspecified atom stereocenters. The van der Waals surface area contributed by atoms with Crippen molar-refractivity contribution in [3.8, 4) is 0 Å². The van der Waals surface area contributed by atoms with Gasteiger partial charge in [0.25, 0.3) is 0 Å². The number of carbonyl (C=O) groups excluding carboxylic acids is 1. The standard InChI is InChI=1S/C23H28F2N2O.C8H8O/c1-26-14-16-27(17-15-26)23(28)5-3-2-4-22(18-6-10-20(24)11-7-18)19-8-12-21(25)13-9-19;1-9-8-6-4-2-3-5-7-8/h6-13,22H,2-5,14-17H2,1H3;2-4,6-7H,1H3. The van der Waals surface area contributed by atoms with Gasteiger partial charge >= 0.3 is 0 Å². The molecule has 6 heteroatoms. The maximum absolute atomic E-state index is 13.3. The van der Waals surface area contributed by atoms with Crippen molar-refractivity contribution in [2.45, 2.75) is 31.6 Å². The Labute approximate surface area is 219 Å². The van der Waals surface area contributed by atoms with E-state index >= 15 is 0 Å².